The first-order valence-corrected chi connectivity index (χ1v) is 5.02. The Morgan fingerprint density at radius 1 is 1.38 bits per heavy atom. The number of benzene rings is 1. The van der Waals surface area contributed by atoms with Crippen molar-refractivity contribution in [3.8, 4) is 0 Å². The molecule has 1 fully saturated rings. The molecule has 5 heteroatoms. The maximum Gasteiger partial charge on any atom is 0.0915 e. The van der Waals surface area contributed by atoms with Gasteiger partial charge in [-0.3, -0.25) is 0 Å². The molecule has 1 aliphatic carbocycles. The smallest absolute Gasteiger partial charge is 0.0915 e. The Balaban J connectivity index is 0.00000112. The molecular formula is C11H18Cl2N2O. The van der Waals surface area contributed by atoms with Crippen molar-refractivity contribution in [1.29, 1.82) is 0 Å². The van der Waals surface area contributed by atoms with Gasteiger partial charge in [0, 0.05) is 18.3 Å². The predicted molar refractivity (Wildman–Crippen MR) is 71.3 cm³/mol. The molecule has 0 spiro atoms. The topological polar surface area (TPSA) is 58.3 Å². The van der Waals surface area contributed by atoms with Crippen LogP contribution in [-0.4, -0.2) is 17.7 Å². The van der Waals surface area contributed by atoms with Gasteiger partial charge in [0.25, 0.3) is 0 Å². The summed E-state index contributed by atoms with van der Waals surface area (Å²) in [5, 5.41) is 13.1. The summed E-state index contributed by atoms with van der Waals surface area (Å²) in [6, 6.07) is 8.04. The molecule has 1 atom stereocenters. The van der Waals surface area contributed by atoms with E-state index in [1.54, 1.807) is 0 Å². The Morgan fingerprint density at radius 3 is 2.62 bits per heavy atom. The van der Waals surface area contributed by atoms with E-state index < -0.39 is 6.10 Å². The minimum atomic E-state index is -0.445. The van der Waals surface area contributed by atoms with E-state index in [1.807, 2.05) is 24.3 Å². The monoisotopic (exact) mass is 264 g/mol. The molecule has 0 amide bonds. The summed E-state index contributed by atoms with van der Waals surface area (Å²) in [5.41, 5.74) is 7.22. The predicted octanol–water partition coefficient (Wildman–Crippen LogP) is 1.90. The number of aliphatic hydroxyl groups is 1. The molecule has 0 saturated heterocycles. The highest BCUT2D eigenvalue weighted by Gasteiger charge is 2.21. The number of nitrogens with two attached hydrogens (primary N) is 1. The van der Waals surface area contributed by atoms with Crippen LogP contribution in [0.15, 0.2) is 24.3 Å². The molecule has 0 bridgehead atoms. The van der Waals surface area contributed by atoms with Gasteiger partial charge in [-0.2, -0.15) is 0 Å². The minimum absolute atomic E-state index is 0. The van der Waals surface area contributed by atoms with Crippen molar-refractivity contribution in [3.05, 3.63) is 29.8 Å². The lowest BCUT2D eigenvalue weighted by Crippen LogP contribution is -2.23. The highest BCUT2D eigenvalue weighted by atomic mass is 35.5. The van der Waals surface area contributed by atoms with Crippen LogP contribution in [-0.2, 0) is 0 Å². The number of nitrogen functional groups attached to an aromatic ring is 1. The van der Waals surface area contributed by atoms with Gasteiger partial charge in [0.1, 0.15) is 0 Å². The van der Waals surface area contributed by atoms with Crippen LogP contribution >= 0.6 is 24.8 Å². The van der Waals surface area contributed by atoms with E-state index in [-0.39, 0.29) is 24.8 Å². The first kappa shape index (κ1) is 15.5. The fourth-order valence-electron chi connectivity index (χ4n) is 1.45. The van der Waals surface area contributed by atoms with E-state index in [4.69, 9.17) is 5.73 Å². The third-order valence-electron chi connectivity index (χ3n) is 2.47. The average Bonchev–Trinajstić information content (AvgIpc) is 2.97. The summed E-state index contributed by atoms with van der Waals surface area (Å²) in [6.45, 7) is 0.619. The van der Waals surface area contributed by atoms with Crippen LogP contribution in [0.1, 0.15) is 24.5 Å². The number of rotatable bonds is 4. The van der Waals surface area contributed by atoms with E-state index in [2.05, 4.69) is 5.32 Å². The first-order valence-electron chi connectivity index (χ1n) is 5.02. The lowest BCUT2D eigenvalue weighted by Gasteiger charge is -2.12. The van der Waals surface area contributed by atoms with Crippen molar-refractivity contribution in [2.45, 2.75) is 25.0 Å². The summed E-state index contributed by atoms with van der Waals surface area (Å²) < 4.78 is 0. The molecule has 3 nitrogen and oxygen atoms in total. The Hall–Kier alpha value is -0.480. The van der Waals surface area contributed by atoms with Crippen LogP contribution in [0.4, 0.5) is 5.69 Å². The van der Waals surface area contributed by atoms with Gasteiger partial charge in [0.05, 0.1) is 6.10 Å². The number of nitrogens with one attached hydrogen (secondary N) is 1. The minimum Gasteiger partial charge on any atom is -0.399 e. The zero-order valence-corrected chi connectivity index (χ0v) is 10.6. The van der Waals surface area contributed by atoms with Crippen molar-refractivity contribution in [1.82, 2.24) is 5.32 Å². The Bertz CT molecular complexity index is 319. The van der Waals surface area contributed by atoms with Crippen LogP contribution in [0, 0.1) is 0 Å². The second-order valence-corrected chi connectivity index (χ2v) is 3.87. The van der Waals surface area contributed by atoms with Crippen LogP contribution in [0.5, 0.6) is 0 Å². The lowest BCUT2D eigenvalue weighted by atomic mass is 10.1. The summed E-state index contributed by atoms with van der Waals surface area (Å²) in [6.07, 6.45) is 2.03. The van der Waals surface area contributed by atoms with Crippen LogP contribution in [0.2, 0.25) is 0 Å². The van der Waals surface area contributed by atoms with Gasteiger partial charge in [0.15, 0.2) is 0 Å². The van der Waals surface area contributed by atoms with Crippen molar-refractivity contribution < 1.29 is 5.11 Å². The second kappa shape index (κ2) is 6.97. The van der Waals surface area contributed by atoms with Crippen LogP contribution in [0.3, 0.4) is 0 Å². The molecule has 1 aromatic carbocycles. The highest BCUT2D eigenvalue weighted by Crippen LogP contribution is 2.20. The largest absolute Gasteiger partial charge is 0.399 e. The summed E-state index contributed by atoms with van der Waals surface area (Å²) in [5.74, 6) is 0. The SMILES string of the molecule is Cl.Cl.Nc1cccc(C(O)CNC2CC2)c1. The second-order valence-electron chi connectivity index (χ2n) is 3.87. The molecule has 1 saturated carbocycles. The number of hydrogen-bond donors (Lipinski definition) is 3. The Morgan fingerprint density at radius 2 is 2.06 bits per heavy atom. The maximum absolute atomic E-state index is 9.80. The lowest BCUT2D eigenvalue weighted by molar-refractivity contribution is 0.174. The van der Waals surface area contributed by atoms with Crippen LogP contribution < -0.4 is 11.1 Å². The molecule has 0 aromatic heterocycles. The average molecular weight is 265 g/mol. The molecule has 4 N–H and O–H groups in total. The molecule has 0 heterocycles. The van der Waals surface area contributed by atoms with Crippen molar-refractivity contribution >= 4 is 30.5 Å². The number of anilines is 1. The van der Waals surface area contributed by atoms with Crippen LogP contribution in [0.25, 0.3) is 0 Å². The van der Waals surface area contributed by atoms with Gasteiger partial charge in [0.2, 0.25) is 0 Å². The normalized spacial score (nSPS) is 15.8. The Labute approximate surface area is 108 Å². The van der Waals surface area contributed by atoms with Gasteiger partial charge >= 0.3 is 0 Å². The summed E-state index contributed by atoms with van der Waals surface area (Å²) in [7, 11) is 0. The Kier molecular flexibility index (Phi) is 6.76. The molecule has 0 radical (unpaired) electrons. The molecule has 0 aliphatic heterocycles. The first-order chi connectivity index (χ1) is 6.75. The molecule has 1 unspecified atom stereocenters. The standard InChI is InChI=1S/C11H16N2O.2ClH/c12-9-3-1-2-8(6-9)11(14)7-13-10-4-5-10;;/h1-3,6,10-11,13-14H,4-5,7,12H2;2*1H. The molecular weight excluding hydrogens is 247 g/mol. The highest BCUT2D eigenvalue weighted by molar-refractivity contribution is 5.85. The fourth-order valence-corrected chi connectivity index (χ4v) is 1.45. The zero-order chi connectivity index (χ0) is 9.97. The fraction of sp³-hybridized carbons (Fsp3) is 0.455. The van der Waals surface area contributed by atoms with Gasteiger partial charge in [-0.25, -0.2) is 0 Å². The van der Waals surface area contributed by atoms with E-state index in [9.17, 15) is 5.11 Å². The van der Waals surface area contributed by atoms with E-state index in [0.717, 1.165) is 5.56 Å². The number of aliphatic hydroxyl groups excluding tert-OH is 1. The van der Waals surface area contributed by atoms with E-state index >= 15 is 0 Å². The molecule has 92 valence electrons. The molecule has 1 aromatic rings. The van der Waals surface area contributed by atoms with Crippen molar-refractivity contribution in [3.63, 3.8) is 0 Å². The van der Waals surface area contributed by atoms with Gasteiger partial charge in [-0.1, -0.05) is 12.1 Å². The van der Waals surface area contributed by atoms with Crippen molar-refractivity contribution in [2.75, 3.05) is 12.3 Å². The van der Waals surface area contributed by atoms with Gasteiger partial charge in [-0.15, -0.1) is 24.8 Å². The third-order valence-corrected chi connectivity index (χ3v) is 2.47. The number of halogens is 2. The third kappa shape index (κ3) is 4.58. The molecule has 2 rings (SSSR count). The van der Waals surface area contributed by atoms with Crippen molar-refractivity contribution in [2.24, 2.45) is 0 Å². The van der Waals surface area contributed by atoms with E-state index in [1.165, 1.54) is 12.8 Å². The molecule has 16 heavy (non-hydrogen) atoms. The quantitative estimate of drug-likeness (QED) is 0.729. The zero-order valence-electron chi connectivity index (χ0n) is 8.93. The maximum atomic E-state index is 9.80. The molecule has 1 aliphatic rings. The van der Waals surface area contributed by atoms with E-state index in [0.29, 0.717) is 18.3 Å². The van der Waals surface area contributed by atoms with Gasteiger partial charge in [-0.05, 0) is 30.5 Å². The summed E-state index contributed by atoms with van der Waals surface area (Å²) >= 11 is 0. The number of hydrogen-bond acceptors (Lipinski definition) is 3. The summed E-state index contributed by atoms with van der Waals surface area (Å²) in [4.78, 5) is 0. The van der Waals surface area contributed by atoms with Gasteiger partial charge < -0.3 is 16.2 Å².